The number of nitrogens with zero attached hydrogens (tertiary/aromatic N) is 2. The lowest BCUT2D eigenvalue weighted by Crippen LogP contribution is -2.35. The first-order chi connectivity index (χ1) is 22.2. The fourth-order valence-electron chi connectivity index (χ4n) is 7.70. The van der Waals surface area contributed by atoms with E-state index in [1.807, 2.05) is 48.5 Å². The molecule has 46 heavy (non-hydrogen) atoms. The van der Waals surface area contributed by atoms with Crippen LogP contribution < -0.4 is 0 Å². The molecule has 0 saturated carbocycles. The number of unbranched alkanes of at least 4 members (excludes halogenated alkanes) is 2. The lowest BCUT2D eigenvalue weighted by Gasteiger charge is -2.33. The van der Waals surface area contributed by atoms with E-state index in [0.717, 1.165) is 27.6 Å². The number of phenols is 1. The van der Waals surface area contributed by atoms with Crippen LogP contribution in [0, 0.1) is 23.7 Å². The van der Waals surface area contributed by atoms with Crippen LogP contribution in [0.1, 0.15) is 70.1 Å². The molecule has 2 aliphatic heterocycles. The SMILES string of the molecule is CC(C)C1=C2[C@@H](CC/C(=C/c3ccc(O)c4ccccc34)c3ccccn3)OC[C@@H]2[C@@H]2C(=O)N(CCCCCC(=O)O)C(=O)[C@@H]2C1. The standard InChI is InChI=1S/C38H42N2O6/c1-23(2)28-21-29-36(38(45)40(37(29)44)19-9-3-4-13-34(42)43)30-22-46-33(35(28)30)17-15-25(31-12-7-8-18-39-31)20-24-14-16-32(41)27-11-6-5-10-26(24)27/h5-8,10-12,14,16,18,20,23,29-30,33,36,41H,3-4,9,13,15,17,19,21-22H2,1-2H3,(H,42,43)/b25-20-/t29-,30+,33-,36-/m1/s1. The number of ether oxygens (including phenoxy) is 1. The van der Waals surface area contributed by atoms with E-state index in [2.05, 4.69) is 24.9 Å². The number of hydrogen-bond acceptors (Lipinski definition) is 6. The highest BCUT2D eigenvalue weighted by atomic mass is 16.5. The highest BCUT2D eigenvalue weighted by Crippen LogP contribution is 2.51. The van der Waals surface area contributed by atoms with Gasteiger partial charge in [0.15, 0.2) is 0 Å². The Hall–Kier alpha value is -4.30. The number of allylic oxidation sites excluding steroid dienone is 2. The Balaban J connectivity index is 1.24. The van der Waals surface area contributed by atoms with Crippen molar-refractivity contribution >= 4 is 40.2 Å². The average Bonchev–Trinajstić information content (AvgIpc) is 3.58. The van der Waals surface area contributed by atoms with E-state index in [-0.39, 0.29) is 47.8 Å². The van der Waals surface area contributed by atoms with Crippen molar-refractivity contribution in [1.29, 1.82) is 0 Å². The number of benzene rings is 2. The lowest BCUT2D eigenvalue weighted by molar-refractivity contribution is -0.141. The summed E-state index contributed by atoms with van der Waals surface area (Å²) in [6, 6.07) is 17.4. The van der Waals surface area contributed by atoms with E-state index in [1.54, 1.807) is 12.3 Å². The number of carboxylic acid groups (broad SMARTS) is 1. The van der Waals surface area contributed by atoms with Crippen LogP contribution in [0.2, 0.25) is 0 Å². The van der Waals surface area contributed by atoms with Crippen LogP contribution in [0.3, 0.4) is 0 Å². The highest BCUT2D eigenvalue weighted by Gasteiger charge is 2.56. The summed E-state index contributed by atoms with van der Waals surface area (Å²) < 4.78 is 6.49. The predicted octanol–water partition coefficient (Wildman–Crippen LogP) is 6.88. The minimum absolute atomic E-state index is 0.0876. The number of imide groups is 1. The van der Waals surface area contributed by atoms with Crippen LogP contribution in [-0.2, 0) is 19.1 Å². The van der Waals surface area contributed by atoms with E-state index in [4.69, 9.17) is 9.84 Å². The van der Waals surface area contributed by atoms with Gasteiger partial charge >= 0.3 is 5.97 Å². The summed E-state index contributed by atoms with van der Waals surface area (Å²) in [5.41, 5.74) is 5.39. The van der Waals surface area contributed by atoms with Crippen LogP contribution in [0.15, 0.2) is 71.9 Å². The van der Waals surface area contributed by atoms with Gasteiger partial charge in [-0.1, -0.05) is 62.2 Å². The van der Waals surface area contributed by atoms with Crippen LogP contribution in [-0.4, -0.2) is 57.1 Å². The van der Waals surface area contributed by atoms with Crippen molar-refractivity contribution in [3.8, 4) is 5.75 Å². The molecule has 240 valence electrons. The minimum Gasteiger partial charge on any atom is -0.507 e. The van der Waals surface area contributed by atoms with Crippen LogP contribution in [0.25, 0.3) is 22.4 Å². The van der Waals surface area contributed by atoms with E-state index in [1.165, 1.54) is 16.0 Å². The second-order valence-electron chi connectivity index (χ2n) is 13.1. The number of likely N-dealkylation sites (tertiary alicyclic amines) is 1. The van der Waals surface area contributed by atoms with Gasteiger partial charge < -0.3 is 14.9 Å². The number of hydrogen-bond donors (Lipinski definition) is 2. The first-order valence-corrected chi connectivity index (χ1v) is 16.5. The van der Waals surface area contributed by atoms with Gasteiger partial charge in [0.05, 0.1) is 30.2 Å². The summed E-state index contributed by atoms with van der Waals surface area (Å²) in [4.78, 5) is 44.2. The van der Waals surface area contributed by atoms with Crippen molar-refractivity contribution < 1.29 is 29.3 Å². The Morgan fingerprint density at radius 2 is 1.76 bits per heavy atom. The topological polar surface area (TPSA) is 117 Å². The molecule has 0 spiro atoms. The molecule has 3 aliphatic rings. The first-order valence-electron chi connectivity index (χ1n) is 16.5. The molecule has 0 bridgehead atoms. The van der Waals surface area contributed by atoms with Gasteiger partial charge in [-0.3, -0.25) is 24.3 Å². The third-order valence-electron chi connectivity index (χ3n) is 9.94. The fraction of sp³-hybridized carbons (Fsp3) is 0.421. The lowest BCUT2D eigenvalue weighted by atomic mass is 9.67. The van der Waals surface area contributed by atoms with Crippen molar-refractivity contribution in [2.75, 3.05) is 13.2 Å². The number of fused-ring (bicyclic) bond motifs is 4. The molecule has 2 amide bonds. The van der Waals surface area contributed by atoms with Gasteiger partial charge in [0.2, 0.25) is 11.8 Å². The van der Waals surface area contributed by atoms with Gasteiger partial charge in [0, 0.05) is 30.5 Å². The normalized spacial score (nSPS) is 23.0. The average molecular weight is 623 g/mol. The smallest absolute Gasteiger partial charge is 0.303 e. The zero-order chi connectivity index (χ0) is 32.4. The zero-order valence-electron chi connectivity index (χ0n) is 26.5. The molecule has 2 aromatic carbocycles. The number of rotatable bonds is 12. The van der Waals surface area contributed by atoms with Gasteiger partial charge in [-0.15, -0.1) is 0 Å². The maximum atomic E-state index is 13.7. The van der Waals surface area contributed by atoms with Crippen molar-refractivity contribution in [1.82, 2.24) is 9.88 Å². The number of carbonyl (C=O) groups excluding carboxylic acids is 2. The number of pyridine rings is 1. The molecule has 8 heteroatoms. The Bertz CT molecular complexity index is 1690. The molecule has 3 heterocycles. The van der Waals surface area contributed by atoms with Gasteiger partial charge in [0.1, 0.15) is 5.75 Å². The third-order valence-corrected chi connectivity index (χ3v) is 9.94. The van der Waals surface area contributed by atoms with E-state index in [0.29, 0.717) is 51.7 Å². The van der Waals surface area contributed by atoms with E-state index >= 15 is 0 Å². The Morgan fingerprint density at radius 1 is 0.978 bits per heavy atom. The summed E-state index contributed by atoms with van der Waals surface area (Å²) in [6.45, 7) is 5.09. The quantitative estimate of drug-likeness (QED) is 0.129. The van der Waals surface area contributed by atoms with Crippen LogP contribution in [0.5, 0.6) is 5.75 Å². The van der Waals surface area contributed by atoms with Crippen molar-refractivity contribution in [3.63, 3.8) is 0 Å². The van der Waals surface area contributed by atoms with Gasteiger partial charge in [0.25, 0.3) is 0 Å². The van der Waals surface area contributed by atoms with Crippen molar-refractivity contribution in [3.05, 3.63) is 83.2 Å². The maximum absolute atomic E-state index is 13.7. The van der Waals surface area contributed by atoms with Crippen LogP contribution >= 0.6 is 0 Å². The van der Waals surface area contributed by atoms with E-state index in [9.17, 15) is 19.5 Å². The number of aromatic hydroxyl groups is 1. The molecule has 2 fully saturated rings. The molecule has 0 unspecified atom stereocenters. The molecule has 0 radical (unpaired) electrons. The molecule has 1 aliphatic carbocycles. The van der Waals surface area contributed by atoms with Gasteiger partial charge in [-0.05, 0) is 84.4 Å². The number of phenolic OH excluding ortho intramolecular Hbond substituents is 1. The molecule has 2 saturated heterocycles. The second-order valence-corrected chi connectivity index (χ2v) is 13.1. The molecule has 6 rings (SSSR count). The van der Waals surface area contributed by atoms with Crippen molar-refractivity contribution in [2.24, 2.45) is 23.7 Å². The number of aromatic nitrogens is 1. The third kappa shape index (κ3) is 6.23. The summed E-state index contributed by atoms with van der Waals surface area (Å²) in [7, 11) is 0. The minimum atomic E-state index is -0.827. The number of aliphatic carboxylic acids is 1. The Morgan fingerprint density at radius 3 is 2.50 bits per heavy atom. The van der Waals surface area contributed by atoms with Crippen LogP contribution in [0.4, 0.5) is 0 Å². The Kier molecular flexibility index (Phi) is 9.36. The van der Waals surface area contributed by atoms with E-state index < -0.39 is 11.9 Å². The Labute approximate surface area is 269 Å². The fourth-order valence-corrected chi connectivity index (χ4v) is 7.70. The molecular weight excluding hydrogens is 580 g/mol. The summed E-state index contributed by atoms with van der Waals surface area (Å²) in [5, 5.41) is 21.1. The molecule has 8 nitrogen and oxygen atoms in total. The monoisotopic (exact) mass is 622 g/mol. The van der Waals surface area contributed by atoms with Gasteiger partial charge in [-0.2, -0.15) is 0 Å². The molecule has 2 N–H and O–H groups in total. The first kappa shape index (κ1) is 31.7. The molecule has 3 aromatic rings. The zero-order valence-corrected chi connectivity index (χ0v) is 26.5. The molecular formula is C38H42N2O6. The molecule has 1 aromatic heterocycles. The number of carboxylic acids is 1. The second kappa shape index (κ2) is 13.6. The predicted molar refractivity (Wildman–Crippen MR) is 176 cm³/mol. The van der Waals surface area contributed by atoms with Gasteiger partial charge in [-0.25, -0.2) is 0 Å². The maximum Gasteiger partial charge on any atom is 0.303 e. The van der Waals surface area contributed by atoms with Crippen molar-refractivity contribution in [2.45, 2.75) is 64.9 Å². The summed E-state index contributed by atoms with van der Waals surface area (Å²) in [5.74, 6) is -1.41. The number of amides is 2. The summed E-state index contributed by atoms with van der Waals surface area (Å²) >= 11 is 0. The summed E-state index contributed by atoms with van der Waals surface area (Å²) in [6.07, 6.45) is 7.70. The largest absolute Gasteiger partial charge is 0.507 e. The number of carbonyl (C=O) groups is 3. The molecule has 4 atom stereocenters. The highest BCUT2D eigenvalue weighted by molar-refractivity contribution is 6.06.